The molecule has 2 aromatic carbocycles. The summed E-state index contributed by atoms with van der Waals surface area (Å²) in [6, 6.07) is 16.7. The van der Waals surface area contributed by atoms with E-state index >= 15 is 0 Å². The molecule has 0 aromatic heterocycles. The van der Waals surface area contributed by atoms with Gasteiger partial charge in [0.15, 0.2) is 5.78 Å². The normalized spacial score (nSPS) is 11.7. The monoisotopic (exact) mass is 281 g/mol. The van der Waals surface area contributed by atoms with E-state index in [0.29, 0.717) is 12.0 Å². The summed E-state index contributed by atoms with van der Waals surface area (Å²) in [4.78, 5) is 23.9. The highest BCUT2D eigenvalue weighted by Gasteiger charge is 2.17. The van der Waals surface area contributed by atoms with E-state index in [1.165, 1.54) is 0 Å². The highest BCUT2D eigenvalue weighted by atomic mass is 16.1. The minimum Gasteiger partial charge on any atom is -0.326 e. The Labute approximate surface area is 125 Å². The van der Waals surface area contributed by atoms with Crippen molar-refractivity contribution in [2.45, 2.75) is 26.2 Å². The molecule has 108 valence electrons. The fourth-order valence-corrected chi connectivity index (χ4v) is 2.14. The van der Waals surface area contributed by atoms with Crippen LogP contribution in [0.4, 0.5) is 5.69 Å². The minimum absolute atomic E-state index is 0.0332. The fourth-order valence-electron chi connectivity index (χ4n) is 2.14. The molecule has 2 rings (SSSR count). The van der Waals surface area contributed by atoms with Gasteiger partial charge in [0.25, 0.3) is 0 Å². The summed E-state index contributed by atoms with van der Waals surface area (Å²) >= 11 is 0. The summed E-state index contributed by atoms with van der Waals surface area (Å²) in [5.41, 5.74) is 2.33. The molecule has 0 aliphatic rings. The van der Waals surface area contributed by atoms with Gasteiger partial charge in [-0.3, -0.25) is 9.59 Å². The van der Waals surface area contributed by atoms with E-state index in [2.05, 4.69) is 5.32 Å². The summed E-state index contributed by atoms with van der Waals surface area (Å²) in [6.07, 6.45) is 0.433. The van der Waals surface area contributed by atoms with Crippen molar-refractivity contribution in [3.8, 4) is 0 Å². The van der Waals surface area contributed by atoms with Gasteiger partial charge in [-0.1, -0.05) is 56.3 Å². The number of hydrogen-bond acceptors (Lipinski definition) is 2. The Kier molecular flexibility index (Phi) is 4.88. The first-order valence-electron chi connectivity index (χ1n) is 7.11. The third-order valence-electron chi connectivity index (χ3n) is 3.44. The largest absolute Gasteiger partial charge is 0.326 e. The second-order valence-corrected chi connectivity index (χ2v) is 4.98. The lowest BCUT2D eigenvalue weighted by Crippen LogP contribution is -2.12. The average Bonchev–Trinajstić information content (AvgIpc) is 2.54. The van der Waals surface area contributed by atoms with Crippen molar-refractivity contribution in [1.82, 2.24) is 0 Å². The molecule has 21 heavy (non-hydrogen) atoms. The molecule has 0 fully saturated rings. The van der Waals surface area contributed by atoms with E-state index < -0.39 is 0 Å². The summed E-state index contributed by atoms with van der Waals surface area (Å²) < 4.78 is 0. The maximum absolute atomic E-state index is 12.4. The molecule has 2 aromatic rings. The van der Waals surface area contributed by atoms with Crippen molar-refractivity contribution in [1.29, 1.82) is 0 Å². The van der Waals surface area contributed by atoms with Crippen molar-refractivity contribution in [2.75, 3.05) is 5.32 Å². The van der Waals surface area contributed by atoms with Gasteiger partial charge in [0.1, 0.15) is 0 Å². The number of carbonyl (C=O) groups excluding carboxylic acids is 2. The second-order valence-electron chi connectivity index (χ2n) is 4.98. The van der Waals surface area contributed by atoms with Crippen molar-refractivity contribution in [3.63, 3.8) is 0 Å². The molecule has 0 spiro atoms. The number of amides is 1. The first-order valence-corrected chi connectivity index (χ1v) is 7.11. The van der Waals surface area contributed by atoms with Gasteiger partial charge >= 0.3 is 0 Å². The van der Waals surface area contributed by atoms with Crippen LogP contribution in [-0.4, -0.2) is 11.7 Å². The van der Waals surface area contributed by atoms with E-state index in [4.69, 9.17) is 0 Å². The third kappa shape index (κ3) is 3.78. The van der Waals surface area contributed by atoms with Crippen LogP contribution in [0.5, 0.6) is 0 Å². The molecule has 1 atom stereocenters. The van der Waals surface area contributed by atoms with Crippen molar-refractivity contribution >= 4 is 17.4 Å². The molecule has 0 heterocycles. The lowest BCUT2D eigenvalue weighted by atomic mass is 9.92. The summed E-state index contributed by atoms with van der Waals surface area (Å²) in [6.45, 7) is 3.69. The Morgan fingerprint density at radius 2 is 1.76 bits per heavy atom. The molecule has 0 aliphatic heterocycles. The van der Waals surface area contributed by atoms with Gasteiger partial charge in [0.05, 0.1) is 0 Å². The molecular weight excluding hydrogens is 262 g/mol. The Morgan fingerprint density at radius 1 is 1.05 bits per heavy atom. The average molecular weight is 281 g/mol. The van der Waals surface area contributed by atoms with Gasteiger partial charge in [-0.15, -0.1) is 0 Å². The Balaban J connectivity index is 2.19. The summed E-state index contributed by atoms with van der Waals surface area (Å²) in [5.74, 6) is -0.199. The Hall–Kier alpha value is -2.42. The second kappa shape index (κ2) is 6.84. The SMILES string of the molecule is CCC(=O)Nc1cccc(C(C)C(=O)c2ccccc2)c1. The van der Waals surface area contributed by atoms with Crippen LogP contribution in [0.2, 0.25) is 0 Å². The highest BCUT2D eigenvalue weighted by Crippen LogP contribution is 2.23. The van der Waals surface area contributed by atoms with E-state index in [1.54, 1.807) is 6.92 Å². The predicted molar refractivity (Wildman–Crippen MR) is 84.6 cm³/mol. The third-order valence-corrected chi connectivity index (χ3v) is 3.44. The summed E-state index contributed by atoms with van der Waals surface area (Å²) in [5, 5.41) is 2.82. The molecule has 3 nitrogen and oxygen atoms in total. The molecule has 0 bridgehead atoms. The van der Waals surface area contributed by atoms with E-state index in [0.717, 1.165) is 11.3 Å². The van der Waals surface area contributed by atoms with E-state index in [1.807, 2.05) is 61.5 Å². The number of benzene rings is 2. The van der Waals surface area contributed by atoms with Crippen molar-refractivity contribution in [2.24, 2.45) is 0 Å². The molecule has 0 aliphatic carbocycles. The topological polar surface area (TPSA) is 46.2 Å². The predicted octanol–water partition coefficient (Wildman–Crippen LogP) is 4.02. The van der Waals surface area contributed by atoms with Gasteiger partial charge in [-0.25, -0.2) is 0 Å². The van der Waals surface area contributed by atoms with E-state index in [-0.39, 0.29) is 17.6 Å². The van der Waals surface area contributed by atoms with Crippen LogP contribution in [0.15, 0.2) is 54.6 Å². The molecule has 0 saturated heterocycles. The van der Waals surface area contributed by atoms with Gasteiger partial charge in [-0.05, 0) is 17.7 Å². The number of rotatable bonds is 5. The molecule has 3 heteroatoms. The first kappa shape index (κ1) is 15.0. The molecule has 1 N–H and O–H groups in total. The van der Waals surface area contributed by atoms with Crippen LogP contribution < -0.4 is 5.32 Å². The molecular formula is C18H19NO2. The first-order chi connectivity index (χ1) is 10.1. The molecule has 0 radical (unpaired) electrons. The maximum atomic E-state index is 12.4. The lowest BCUT2D eigenvalue weighted by Gasteiger charge is -2.13. The number of nitrogens with one attached hydrogen (secondary N) is 1. The molecule has 1 unspecified atom stereocenters. The number of anilines is 1. The zero-order valence-corrected chi connectivity index (χ0v) is 12.3. The highest BCUT2D eigenvalue weighted by molar-refractivity contribution is 6.01. The van der Waals surface area contributed by atoms with Crippen LogP contribution >= 0.6 is 0 Å². The van der Waals surface area contributed by atoms with Gasteiger partial charge < -0.3 is 5.32 Å². The van der Waals surface area contributed by atoms with Crippen LogP contribution in [-0.2, 0) is 4.79 Å². The number of carbonyl (C=O) groups is 2. The summed E-state index contributed by atoms with van der Waals surface area (Å²) in [7, 11) is 0. The van der Waals surface area contributed by atoms with Gasteiger partial charge in [0.2, 0.25) is 5.91 Å². The molecule has 1 amide bonds. The zero-order chi connectivity index (χ0) is 15.2. The number of hydrogen-bond donors (Lipinski definition) is 1. The zero-order valence-electron chi connectivity index (χ0n) is 12.3. The van der Waals surface area contributed by atoms with Gasteiger partial charge in [-0.2, -0.15) is 0 Å². The lowest BCUT2D eigenvalue weighted by molar-refractivity contribution is -0.115. The standard InChI is InChI=1S/C18H19NO2/c1-3-17(20)19-16-11-7-10-15(12-16)13(2)18(21)14-8-5-4-6-9-14/h4-13H,3H2,1-2H3,(H,19,20). The smallest absolute Gasteiger partial charge is 0.224 e. The van der Waals surface area contributed by atoms with Crippen LogP contribution in [0, 0.1) is 0 Å². The number of ketones is 1. The Morgan fingerprint density at radius 3 is 2.43 bits per heavy atom. The quantitative estimate of drug-likeness (QED) is 0.841. The van der Waals surface area contributed by atoms with Gasteiger partial charge in [0, 0.05) is 23.6 Å². The maximum Gasteiger partial charge on any atom is 0.224 e. The van der Waals surface area contributed by atoms with Crippen LogP contribution in [0.3, 0.4) is 0 Å². The molecule has 0 saturated carbocycles. The van der Waals surface area contributed by atoms with Crippen molar-refractivity contribution in [3.05, 3.63) is 65.7 Å². The van der Waals surface area contributed by atoms with Crippen molar-refractivity contribution < 1.29 is 9.59 Å². The van der Waals surface area contributed by atoms with Crippen LogP contribution in [0.25, 0.3) is 0 Å². The van der Waals surface area contributed by atoms with Crippen LogP contribution in [0.1, 0.15) is 42.1 Å². The van der Waals surface area contributed by atoms with E-state index in [9.17, 15) is 9.59 Å². The minimum atomic E-state index is -0.245. The number of Topliss-reactive ketones (excluding diaryl/α,β-unsaturated/α-hetero) is 1. The fraction of sp³-hybridized carbons (Fsp3) is 0.222. The Bertz CT molecular complexity index is 635.